The fraction of sp³-hybridized carbons (Fsp3) is 0.400. The third-order valence-electron chi connectivity index (χ3n) is 5.62. The van der Waals surface area contributed by atoms with Crippen molar-refractivity contribution in [3.63, 3.8) is 0 Å². The van der Waals surface area contributed by atoms with Gasteiger partial charge in [0.15, 0.2) is 5.76 Å². The van der Waals surface area contributed by atoms with Gasteiger partial charge in [0.1, 0.15) is 11.6 Å². The van der Waals surface area contributed by atoms with Crippen molar-refractivity contribution in [1.82, 2.24) is 24.4 Å². The van der Waals surface area contributed by atoms with Gasteiger partial charge >= 0.3 is 0 Å². The maximum Gasteiger partial charge on any atom is 0.289 e. The Labute approximate surface area is 162 Å². The minimum Gasteiger partial charge on any atom is -0.454 e. The van der Waals surface area contributed by atoms with Gasteiger partial charge < -0.3 is 18.8 Å². The zero-order valence-corrected chi connectivity index (χ0v) is 15.5. The SMILES string of the molecule is O=C(c1ccc(Cn2ccnc2)o1)N1C[C@H]2CC[C@@H]1CN(c1cnccn1)C2. The summed E-state index contributed by atoms with van der Waals surface area (Å²) >= 11 is 0. The van der Waals surface area contributed by atoms with Crippen molar-refractivity contribution in [2.45, 2.75) is 25.4 Å². The van der Waals surface area contributed by atoms with Crippen molar-refractivity contribution in [1.29, 1.82) is 0 Å². The zero-order valence-electron chi connectivity index (χ0n) is 15.5. The molecule has 0 N–H and O–H groups in total. The second-order valence-corrected chi connectivity index (χ2v) is 7.52. The number of nitrogens with zero attached hydrogens (tertiary/aromatic N) is 6. The average Bonchev–Trinajstić information content (AvgIpc) is 3.33. The number of rotatable bonds is 4. The van der Waals surface area contributed by atoms with E-state index in [0.717, 1.165) is 44.1 Å². The first kappa shape index (κ1) is 17.0. The molecule has 3 saturated heterocycles. The second kappa shape index (κ2) is 7.10. The molecular formula is C20H22N6O2. The molecule has 0 aromatic carbocycles. The van der Waals surface area contributed by atoms with Gasteiger partial charge in [-0.05, 0) is 30.9 Å². The Morgan fingerprint density at radius 3 is 2.89 bits per heavy atom. The first-order chi connectivity index (χ1) is 13.8. The molecule has 3 aliphatic rings. The summed E-state index contributed by atoms with van der Waals surface area (Å²) in [5, 5.41) is 0. The Balaban J connectivity index is 1.32. The molecule has 0 aliphatic carbocycles. The van der Waals surface area contributed by atoms with Gasteiger partial charge in [-0.3, -0.25) is 9.78 Å². The van der Waals surface area contributed by atoms with Crippen molar-refractivity contribution in [3.05, 3.63) is 61.0 Å². The molecule has 0 spiro atoms. The summed E-state index contributed by atoms with van der Waals surface area (Å²) in [4.78, 5) is 30.1. The highest BCUT2D eigenvalue weighted by atomic mass is 16.4. The summed E-state index contributed by atoms with van der Waals surface area (Å²) in [5.74, 6) is 2.46. The number of amides is 1. The highest BCUT2D eigenvalue weighted by Crippen LogP contribution is 2.31. The van der Waals surface area contributed by atoms with E-state index in [4.69, 9.17) is 4.42 Å². The van der Waals surface area contributed by atoms with E-state index in [-0.39, 0.29) is 11.9 Å². The van der Waals surface area contributed by atoms with Gasteiger partial charge in [-0.15, -0.1) is 0 Å². The molecule has 0 unspecified atom stereocenters. The summed E-state index contributed by atoms with van der Waals surface area (Å²) in [5.41, 5.74) is 0. The molecule has 3 fully saturated rings. The van der Waals surface area contributed by atoms with Crippen molar-refractivity contribution in [3.8, 4) is 0 Å². The fourth-order valence-electron chi connectivity index (χ4n) is 4.25. The molecule has 6 heterocycles. The Morgan fingerprint density at radius 1 is 1.11 bits per heavy atom. The number of furan rings is 1. The van der Waals surface area contributed by atoms with E-state index in [9.17, 15) is 4.79 Å². The normalized spacial score (nSPS) is 21.7. The maximum absolute atomic E-state index is 13.2. The van der Waals surface area contributed by atoms with E-state index < -0.39 is 0 Å². The summed E-state index contributed by atoms with van der Waals surface area (Å²) in [7, 11) is 0. The van der Waals surface area contributed by atoms with Gasteiger partial charge in [0.2, 0.25) is 0 Å². The van der Waals surface area contributed by atoms with Gasteiger partial charge in [0.25, 0.3) is 5.91 Å². The van der Waals surface area contributed by atoms with Crippen LogP contribution in [0.3, 0.4) is 0 Å². The van der Waals surface area contributed by atoms with E-state index in [1.165, 1.54) is 0 Å². The lowest BCUT2D eigenvalue weighted by Crippen LogP contribution is -2.47. The zero-order chi connectivity index (χ0) is 18.9. The van der Waals surface area contributed by atoms with E-state index in [1.807, 2.05) is 21.7 Å². The van der Waals surface area contributed by atoms with Crippen LogP contribution in [-0.4, -0.2) is 56.0 Å². The largest absolute Gasteiger partial charge is 0.454 e. The summed E-state index contributed by atoms with van der Waals surface area (Å²) < 4.78 is 7.77. The van der Waals surface area contributed by atoms with Crippen LogP contribution in [-0.2, 0) is 6.54 Å². The summed E-state index contributed by atoms with van der Waals surface area (Å²) in [6.07, 6.45) is 12.7. The Kier molecular flexibility index (Phi) is 4.31. The number of hydrogen-bond acceptors (Lipinski definition) is 6. The third kappa shape index (κ3) is 3.26. The number of carbonyl (C=O) groups is 1. The molecule has 0 radical (unpaired) electrons. The number of piperidine rings is 1. The monoisotopic (exact) mass is 378 g/mol. The van der Waals surface area contributed by atoms with E-state index in [2.05, 4.69) is 19.9 Å². The molecule has 8 nitrogen and oxygen atoms in total. The highest BCUT2D eigenvalue weighted by molar-refractivity contribution is 5.92. The van der Waals surface area contributed by atoms with Gasteiger partial charge in [-0.25, -0.2) is 9.97 Å². The predicted octanol–water partition coefficient (Wildman–Crippen LogP) is 2.06. The second-order valence-electron chi connectivity index (χ2n) is 7.52. The van der Waals surface area contributed by atoms with E-state index in [0.29, 0.717) is 18.2 Å². The van der Waals surface area contributed by atoms with Crippen LogP contribution in [0.1, 0.15) is 29.2 Å². The maximum atomic E-state index is 13.2. The molecule has 1 amide bonds. The van der Waals surface area contributed by atoms with Crippen LogP contribution in [0.2, 0.25) is 0 Å². The van der Waals surface area contributed by atoms with Crippen molar-refractivity contribution in [2.24, 2.45) is 5.92 Å². The minimum atomic E-state index is -0.0208. The molecule has 2 bridgehead atoms. The lowest BCUT2D eigenvalue weighted by Gasteiger charge is -2.35. The molecule has 6 rings (SSSR count). The summed E-state index contributed by atoms with van der Waals surface area (Å²) in [6, 6.07) is 3.82. The first-order valence-electron chi connectivity index (χ1n) is 9.62. The average molecular weight is 378 g/mol. The molecule has 2 atom stereocenters. The molecule has 3 aliphatic heterocycles. The van der Waals surface area contributed by atoms with Gasteiger partial charge in [0, 0.05) is 50.5 Å². The molecular weight excluding hydrogens is 356 g/mol. The quantitative estimate of drug-likeness (QED) is 0.691. The predicted molar refractivity (Wildman–Crippen MR) is 102 cm³/mol. The van der Waals surface area contributed by atoms with Crippen LogP contribution < -0.4 is 4.90 Å². The lowest BCUT2D eigenvalue weighted by atomic mass is 9.95. The topological polar surface area (TPSA) is 80.3 Å². The first-order valence-corrected chi connectivity index (χ1v) is 9.62. The number of carbonyl (C=O) groups excluding carboxylic acids is 1. The Hall–Kier alpha value is -3.16. The van der Waals surface area contributed by atoms with Gasteiger partial charge in [-0.2, -0.15) is 0 Å². The van der Waals surface area contributed by atoms with Crippen LogP contribution in [0, 0.1) is 5.92 Å². The molecule has 3 aromatic heterocycles. The van der Waals surface area contributed by atoms with Crippen molar-refractivity contribution in [2.75, 3.05) is 24.5 Å². The molecule has 28 heavy (non-hydrogen) atoms. The van der Waals surface area contributed by atoms with Crippen LogP contribution in [0.5, 0.6) is 0 Å². The lowest BCUT2D eigenvalue weighted by molar-refractivity contribution is 0.0558. The highest BCUT2D eigenvalue weighted by Gasteiger charge is 2.38. The van der Waals surface area contributed by atoms with Crippen LogP contribution in [0.15, 0.2) is 53.9 Å². The van der Waals surface area contributed by atoms with E-state index in [1.54, 1.807) is 37.2 Å². The Morgan fingerprint density at radius 2 is 2.07 bits per heavy atom. The van der Waals surface area contributed by atoms with Crippen LogP contribution in [0.4, 0.5) is 5.82 Å². The molecule has 144 valence electrons. The molecule has 8 heteroatoms. The number of aromatic nitrogens is 4. The minimum absolute atomic E-state index is 0.0208. The smallest absolute Gasteiger partial charge is 0.289 e. The number of anilines is 1. The fourth-order valence-corrected chi connectivity index (χ4v) is 4.25. The number of imidazole rings is 1. The summed E-state index contributed by atoms with van der Waals surface area (Å²) in [6.45, 7) is 3.02. The number of fused-ring (bicyclic) bond motifs is 4. The van der Waals surface area contributed by atoms with Gasteiger partial charge in [0.05, 0.1) is 19.1 Å². The molecule has 0 saturated carbocycles. The third-order valence-corrected chi connectivity index (χ3v) is 5.62. The number of hydrogen-bond donors (Lipinski definition) is 0. The molecule has 3 aromatic rings. The van der Waals surface area contributed by atoms with Crippen LogP contribution in [0.25, 0.3) is 0 Å². The van der Waals surface area contributed by atoms with Crippen LogP contribution >= 0.6 is 0 Å². The van der Waals surface area contributed by atoms with E-state index >= 15 is 0 Å². The van der Waals surface area contributed by atoms with Gasteiger partial charge in [-0.1, -0.05) is 0 Å². The van der Waals surface area contributed by atoms with Crippen molar-refractivity contribution < 1.29 is 9.21 Å². The Bertz CT molecular complexity index is 939. The standard InChI is InChI=1S/C20H22N6O2/c27-20(18-4-3-17(28-18)13-24-8-7-22-14-24)26-11-15-1-2-16(26)12-25(10-15)19-9-21-5-6-23-19/h3-9,14-16H,1-2,10-13H2/t15-,16+/m0/s1. The van der Waals surface area contributed by atoms with Crippen molar-refractivity contribution >= 4 is 11.7 Å².